The van der Waals surface area contributed by atoms with Crippen LogP contribution in [-0.2, 0) is 9.59 Å². The molecule has 0 bridgehead atoms. The number of nitrogens with one attached hydrogen (secondary N) is 1. The van der Waals surface area contributed by atoms with Crippen LogP contribution in [-0.4, -0.2) is 23.6 Å². The Morgan fingerprint density at radius 1 is 1.22 bits per heavy atom. The van der Waals surface area contributed by atoms with Crippen LogP contribution < -0.4 is 10.1 Å². The fourth-order valence-electron chi connectivity index (χ4n) is 1.98. The van der Waals surface area contributed by atoms with Crippen LogP contribution in [0.3, 0.4) is 0 Å². The van der Waals surface area contributed by atoms with Crippen LogP contribution in [0.25, 0.3) is 6.08 Å². The SMILES string of the molecule is N#C/C(=C/c1cc(I)c(OCC(=O)O)c(I)c1)C(=O)Nc1ccc(Cl)cc1. The Labute approximate surface area is 187 Å². The smallest absolute Gasteiger partial charge is 0.341 e. The van der Waals surface area contributed by atoms with Crippen LogP contribution in [0.15, 0.2) is 42.0 Å². The van der Waals surface area contributed by atoms with Gasteiger partial charge in [-0.1, -0.05) is 11.6 Å². The largest absolute Gasteiger partial charge is 0.480 e. The number of rotatable bonds is 6. The van der Waals surface area contributed by atoms with Crippen molar-refractivity contribution >= 4 is 80.4 Å². The zero-order chi connectivity index (χ0) is 20.0. The number of amides is 1. The third-order valence-electron chi connectivity index (χ3n) is 3.14. The summed E-state index contributed by atoms with van der Waals surface area (Å²) in [5.41, 5.74) is 1.07. The zero-order valence-electron chi connectivity index (χ0n) is 13.5. The van der Waals surface area contributed by atoms with E-state index in [0.717, 1.165) is 0 Å². The molecule has 0 radical (unpaired) electrons. The van der Waals surface area contributed by atoms with E-state index in [1.807, 2.05) is 51.3 Å². The van der Waals surface area contributed by atoms with Crippen LogP contribution in [0.5, 0.6) is 5.75 Å². The quantitative estimate of drug-likeness (QED) is 0.285. The molecular formula is C18H11ClI2N2O4. The fourth-order valence-corrected chi connectivity index (χ4v) is 4.24. The normalized spacial score (nSPS) is 10.8. The molecule has 6 nitrogen and oxygen atoms in total. The molecule has 0 saturated heterocycles. The van der Waals surface area contributed by atoms with Crippen LogP contribution in [0.4, 0.5) is 5.69 Å². The molecule has 138 valence electrons. The molecule has 0 saturated carbocycles. The molecule has 1 amide bonds. The molecule has 0 aliphatic heterocycles. The number of anilines is 1. The molecule has 0 aliphatic rings. The predicted molar refractivity (Wildman–Crippen MR) is 119 cm³/mol. The van der Waals surface area contributed by atoms with E-state index in [1.54, 1.807) is 36.4 Å². The number of hydrogen-bond acceptors (Lipinski definition) is 4. The van der Waals surface area contributed by atoms with Crippen molar-refractivity contribution in [3.63, 3.8) is 0 Å². The fraction of sp³-hybridized carbons (Fsp3) is 0.0556. The third kappa shape index (κ3) is 6.37. The number of nitriles is 1. The van der Waals surface area contributed by atoms with Gasteiger partial charge in [0.25, 0.3) is 5.91 Å². The first-order chi connectivity index (χ1) is 12.8. The molecule has 0 fully saturated rings. The highest BCUT2D eigenvalue weighted by atomic mass is 127. The summed E-state index contributed by atoms with van der Waals surface area (Å²) in [6, 6.07) is 11.8. The minimum absolute atomic E-state index is 0.0734. The summed E-state index contributed by atoms with van der Waals surface area (Å²) >= 11 is 9.82. The molecule has 0 atom stereocenters. The van der Waals surface area contributed by atoms with Gasteiger partial charge in [-0.2, -0.15) is 5.26 Å². The van der Waals surface area contributed by atoms with Gasteiger partial charge in [0.1, 0.15) is 17.4 Å². The molecule has 0 aromatic heterocycles. The molecule has 2 N–H and O–H groups in total. The van der Waals surface area contributed by atoms with Gasteiger partial charge in [0.2, 0.25) is 0 Å². The topological polar surface area (TPSA) is 99.4 Å². The van der Waals surface area contributed by atoms with Gasteiger partial charge in [0, 0.05) is 10.7 Å². The van der Waals surface area contributed by atoms with E-state index in [1.165, 1.54) is 6.08 Å². The van der Waals surface area contributed by atoms with Gasteiger partial charge in [-0.15, -0.1) is 0 Å². The van der Waals surface area contributed by atoms with Crippen molar-refractivity contribution in [2.75, 3.05) is 11.9 Å². The summed E-state index contributed by atoms with van der Waals surface area (Å²) in [6.45, 7) is -0.450. The number of halogens is 3. The highest BCUT2D eigenvalue weighted by Gasteiger charge is 2.13. The minimum atomic E-state index is -1.07. The molecule has 0 aliphatic carbocycles. The van der Waals surface area contributed by atoms with Crippen molar-refractivity contribution in [3.8, 4) is 11.8 Å². The molecule has 0 heterocycles. The van der Waals surface area contributed by atoms with Gasteiger partial charge in [-0.05, 0) is 93.2 Å². The Kier molecular flexibility index (Phi) is 7.88. The van der Waals surface area contributed by atoms with E-state index in [2.05, 4.69) is 5.32 Å². The number of ether oxygens (including phenoxy) is 1. The Morgan fingerprint density at radius 2 is 1.81 bits per heavy atom. The molecule has 2 aromatic rings. The molecule has 2 aromatic carbocycles. The van der Waals surface area contributed by atoms with Crippen molar-refractivity contribution in [1.82, 2.24) is 0 Å². The molecule has 0 unspecified atom stereocenters. The van der Waals surface area contributed by atoms with Crippen molar-refractivity contribution in [2.45, 2.75) is 0 Å². The number of carboxylic acids is 1. The predicted octanol–water partition coefficient (Wildman–Crippen LogP) is 4.56. The van der Waals surface area contributed by atoms with Crippen LogP contribution >= 0.6 is 56.8 Å². The lowest BCUT2D eigenvalue weighted by Gasteiger charge is -2.10. The van der Waals surface area contributed by atoms with Crippen molar-refractivity contribution in [3.05, 3.63) is 59.7 Å². The van der Waals surface area contributed by atoms with E-state index in [-0.39, 0.29) is 5.57 Å². The number of carboxylic acid groups (broad SMARTS) is 1. The lowest BCUT2D eigenvalue weighted by molar-refractivity contribution is -0.139. The summed E-state index contributed by atoms with van der Waals surface area (Å²) < 4.78 is 6.60. The first-order valence-electron chi connectivity index (χ1n) is 7.32. The van der Waals surface area contributed by atoms with E-state index in [9.17, 15) is 14.9 Å². The number of carbonyl (C=O) groups excluding carboxylic acids is 1. The van der Waals surface area contributed by atoms with E-state index in [4.69, 9.17) is 21.4 Å². The maximum Gasteiger partial charge on any atom is 0.341 e. The first kappa shape index (κ1) is 21.5. The van der Waals surface area contributed by atoms with E-state index in [0.29, 0.717) is 29.2 Å². The lowest BCUT2D eigenvalue weighted by Crippen LogP contribution is -2.13. The molecule has 9 heteroatoms. The summed E-state index contributed by atoms with van der Waals surface area (Å²) in [5.74, 6) is -1.17. The summed E-state index contributed by atoms with van der Waals surface area (Å²) in [4.78, 5) is 23.0. The van der Waals surface area contributed by atoms with Crippen molar-refractivity contribution < 1.29 is 19.4 Å². The highest BCUT2D eigenvalue weighted by molar-refractivity contribution is 14.1. The Balaban J connectivity index is 2.23. The van der Waals surface area contributed by atoms with Gasteiger partial charge >= 0.3 is 5.97 Å². The monoisotopic (exact) mass is 608 g/mol. The number of aliphatic carboxylic acids is 1. The number of benzene rings is 2. The van der Waals surface area contributed by atoms with Crippen molar-refractivity contribution in [2.24, 2.45) is 0 Å². The molecule has 0 spiro atoms. The second kappa shape index (κ2) is 9.91. The van der Waals surface area contributed by atoms with Gasteiger partial charge < -0.3 is 15.2 Å². The number of hydrogen-bond donors (Lipinski definition) is 2. The Morgan fingerprint density at radius 3 is 2.33 bits per heavy atom. The van der Waals surface area contributed by atoms with Gasteiger partial charge in [-0.3, -0.25) is 4.79 Å². The standard InChI is InChI=1S/C18H11ClI2N2O4/c19-12-1-3-13(4-2-12)23-18(26)11(8-22)5-10-6-14(20)17(15(21)7-10)27-9-16(24)25/h1-7H,9H2,(H,23,26)(H,24,25)/b11-5-. The molecule has 27 heavy (non-hydrogen) atoms. The Hall–Kier alpha value is -1.84. The van der Waals surface area contributed by atoms with Crippen LogP contribution in [0.2, 0.25) is 5.02 Å². The average Bonchev–Trinajstić information content (AvgIpc) is 2.60. The maximum absolute atomic E-state index is 12.3. The van der Waals surface area contributed by atoms with Gasteiger partial charge in [0.05, 0.1) is 7.14 Å². The van der Waals surface area contributed by atoms with Gasteiger partial charge in [0.15, 0.2) is 6.61 Å². The van der Waals surface area contributed by atoms with E-state index < -0.39 is 18.5 Å². The first-order valence-corrected chi connectivity index (χ1v) is 9.86. The van der Waals surface area contributed by atoms with Crippen LogP contribution in [0.1, 0.15) is 5.56 Å². The Bertz CT molecular complexity index is 930. The molecular weight excluding hydrogens is 597 g/mol. The number of carbonyl (C=O) groups is 2. The third-order valence-corrected chi connectivity index (χ3v) is 4.99. The highest BCUT2D eigenvalue weighted by Crippen LogP contribution is 2.30. The lowest BCUT2D eigenvalue weighted by atomic mass is 10.1. The van der Waals surface area contributed by atoms with E-state index >= 15 is 0 Å². The zero-order valence-corrected chi connectivity index (χ0v) is 18.6. The maximum atomic E-state index is 12.3. The van der Waals surface area contributed by atoms with Gasteiger partial charge in [-0.25, -0.2) is 4.79 Å². The second-order valence-corrected chi connectivity index (χ2v) is 7.89. The van der Waals surface area contributed by atoms with Crippen LogP contribution in [0, 0.1) is 18.5 Å². The minimum Gasteiger partial charge on any atom is -0.480 e. The molecule has 2 rings (SSSR count). The van der Waals surface area contributed by atoms with Crippen molar-refractivity contribution in [1.29, 1.82) is 5.26 Å². The number of nitrogens with zero attached hydrogens (tertiary/aromatic N) is 1. The summed E-state index contributed by atoms with van der Waals surface area (Å²) in [7, 11) is 0. The summed E-state index contributed by atoms with van der Waals surface area (Å²) in [5, 5.41) is 21.2. The second-order valence-electron chi connectivity index (χ2n) is 5.13. The average molecular weight is 609 g/mol. The summed E-state index contributed by atoms with van der Waals surface area (Å²) in [6.07, 6.45) is 1.45.